The summed E-state index contributed by atoms with van der Waals surface area (Å²) in [5, 5.41) is 3.12. The van der Waals surface area contributed by atoms with Crippen LogP contribution in [0, 0.1) is 6.92 Å². The second-order valence-electron chi connectivity index (χ2n) is 6.96. The number of para-hydroxylation sites is 1. The van der Waals surface area contributed by atoms with Gasteiger partial charge in [-0.2, -0.15) is 0 Å². The molecule has 0 saturated carbocycles. The van der Waals surface area contributed by atoms with Gasteiger partial charge in [-0.25, -0.2) is 8.42 Å². The summed E-state index contributed by atoms with van der Waals surface area (Å²) in [6.07, 6.45) is 0. The lowest BCUT2D eigenvalue weighted by atomic mass is 10.1. The van der Waals surface area contributed by atoms with Crippen LogP contribution in [0.5, 0.6) is 0 Å². The Morgan fingerprint density at radius 3 is 2.33 bits per heavy atom. The molecule has 2 N–H and O–H groups in total. The van der Waals surface area contributed by atoms with Gasteiger partial charge in [0, 0.05) is 31.0 Å². The van der Waals surface area contributed by atoms with E-state index in [0.717, 1.165) is 11.3 Å². The Labute approximate surface area is 181 Å². The molecule has 0 aromatic heterocycles. The van der Waals surface area contributed by atoms with E-state index in [9.17, 15) is 13.2 Å². The number of hydrogen-bond acceptors (Lipinski definition) is 4. The van der Waals surface area contributed by atoms with Crippen LogP contribution in [0.2, 0.25) is 5.02 Å². The van der Waals surface area contributed by atoms with E-state index in [1.54, 1.807) is 30.3 Å². The molecule has 0 fully saturated rings. The largest absolute Gasteiger partial charge is 0.378 e. The third kappa shape index (κ3) is 4.93. The minimum Gasteiger partial charge on any atom is -0.378 e. The van der Waals surface area contributed by atoms with Crippen molar-refractivity contribution in [2.75, 3.05) is 29.0 Å². The molecule has 8 heteroatoms. The highest BCUT2D eigenvalue weighted by Crippen LogP contribution is 2.25. The zero-order valence-electron chi connectivity index (χ0n) is 16.8. The van der Waals surface area contributed by atoms with Crippen molar-refractivity contribution in [2.24, 2.45) is 0 Å². The number of carbonyl (C=O) groups excluding carboxylic acids is 1. The van der Waals surface area contributed by atoms with Crippen molar-refractivity contribution >= 4 is 44.6 Å². The first-order chi connectivity index (χ1) is 14.2. The number of benzene rings is 3. The predicted octanol–water partition coefficient (Wildman–Crippen LogP) is 4.77. The summed E-state index contributed by atoms with van der Waals surface area (Å²) in [6.45, 7) is 1.90. The van der Waals surface area contributed by atoms with Crippen molar-refractivity contribution < 1.29 is 13.2 Å². The van der Waals surface area contributed by atoms with Crippen LogP contribution in [-0.4, -0.2) is 28.4 Å². The highest BCUT2D eigenvalue weighted by molar-refractivity contribution is 7.92. The Morgan fingerprint density at radius 1 is 0.933 bits per heavy atom. The molecule has 3 rings (SSSR count). The van der Waals surface area contributed by atoms with Gasteiger partial charge < -0.3 is 10.2 Å². The number of nitrogens with one attached hydrogen (secondary N) is 2. The van der Waals surface area contributed by atoms with Crippen LogP contribution < -0.4 is 14.9 Å². The van der Waals surface area contributed by atoms with Crippen molar-refractivity contribution in [3.05, 3.63) is 82.9 Å². The second-order valence-corrected chi connectivity index (χ2v) is 9.05. The van der Waals surface area contributed by atoms with Gasteiger partial charge in [0.25, 0.3) is 15.9 Å². The maximum atomic E-state index is 12.7. The van der Waals surface area contributed by atoms with E-state index in [2.05, 4.69) is 10.0 Å². The zero-order valence-corrected chi connectivity index (χ0v) is 18.4. The van der Waals surface area contributed by atoms with Gasteiger partial charge in [-0.05, 0) is 61.0 Å². The molecule has 0 aliphatic rings. The van der Waals surface area contributed by atoms with Crippen molar-refractivity contribution in [2.45, 2.75) is 11.8 Å². The van der Waals surface area contributed by atoms with Gasteiger partial charge in [-0.15, -0.1) is 0 Å². The fourth-order valence-electron chi connectivity index (χ4n) is 2.81. The molecule has 0 bridgehead atoms. The number of hydrogen-bond donors (Lipinski definition) is 2. The van der Waals surface area contributed by atoms with Crippen molar-refractivity contribution in [3.8, 4) is 0 Å². The van der Waals surface area contributed by atoms with E-state index < -0.39 is 15.9 Å². The first kappa shape index (κ1) is 21.7. The monoisotopic (exact) mass is 443 g/mol. The molecule has 0 aliphatic heterocycles. The smallest absolute Gasteiger partial charge is 0.261 e. The molecule has 3 aromatic rings. The highest BCUT2D eigenvalue weighted by atomic mass is 35.5. The lowest BCUT2D eigenvalue weighted by Crippen LogP contribution is -2.16. The molecule has 0 heterocycles. The Bertz CT molecular complexity index is 1190. The van der Waals surface area contributed by atoms with Crippen molar-refractivity contribution in [3.63, 3.8) is 0 Å². The maximum absolute atomic E-state index is 12.7. The summed E-state index contributed by atoms with van der Waals surface area (Å²) in [5.74, 6) is -0.398. The first-order valence-electron chi connectivity index (χ1n) is 9.14. The van der Waals surface area contributed by atoms with Crippen LogP contribution in [0.3, 0.4) is 0 Å². The Hall–Kier alpha value is -3.03. The third-order valence-electron chi connectivity index (χ3n) is 4.50. The molecule has 6 nitrogen and oxygen atoms in total. The summed E-state index contributed by atoms with van der Waals surface area (Å²) < 4.78 is 27.9. The normalized spacial score (nSPS) is 11.1. The van der Waals surface area contributed by atoms with Crippen molar-refractivity contribution in [1.29, 1.82) is 0 Å². The summed E-state index contributed by atoms with van der Waals surface area (Å²) in [5.41, 5.74) is 3.08. The molecule has 0 radical (unpaired) electrons. The Kier molecular flexibility index (Phi) is 6.34. The molecule has 0 spiro atoms. The molecular weight excluding hydrogens is 422 g/mol. The molecule has 156 valence electrons. The van der Waals surface area contributed by atoms with Gasteiger partial charge in [0.2, 0.25) is 0 Å². The number of sulfonamides is 1. The van der Waals surface area contributed by atoms with Gasteiger partial charge >= 0.3 is 0 Å². The van der Waals surface area contributed by atoms with Gasteiger partial charge in [0.05, 0.1) is 15.6 Å². The predicted molar refractivity (Wildman–Crippen MR) is 122 cm³/mol. The molecule has 0 aliphatic carbocycles. The molecule has 3 aromatic carbocycles. The minimum atomic E-state index is -3.91. The molecule has 0 saturated heterocycles. The quantitative estimate of drug-likeness (QED) is 0.575. The second kappa shape index (κ2) is 8.77. The van der Waals surface area contributed by atoms with Crippen LogP contribution in [0.25, 0.3) is 0 Å². The lowest BCUT2D eigenvalue weighted by molar-refractivity contribution is 0.102. The number of halogens is 1. The van der Waals surface area contributed by atoms with Gasteiger partial charge in [0.1, 0.15) is 0 Å². The van der Waals surface area contributed by atoms with E-state index in [4.69, 9.17) is 11.6 Å². The van der Waals surface area contributed by atoms with E-state index in [1.165, 1.54) is 18.2 Å². The number of amides is 1. The summed E-state index contributed by atoms with van der Waals surface area (Å²) in [7, 11) is -0.0278. The van der Waals surface area contributed by atoms with Crippen molar-refractivity contribution in [1.82, 2.24) is 0 Å². The molecule has 30 heavy (non-hydrogen) atoms. The van der Waals surface area contributed by atoms with Crippen LogP contribution in [0.1, 0.15) is 15.9 Å². The summed E-state index contributed by atoms with van der Waals surface area (Å²) >= 11 is 6.04. The standard InChI is InChI=1S/C22H22ClN3O3S/c1-15-13-17(26(2)3)11-12-20(15)24-22(27)16-7-6-8-18(14-16)30(28,29)25-21-10-5-4-9-19(21)23/h4-14,25H,1-3H3,(H,24,27). The molecule has 0 atom stereocenters. The zero-order chi connectivity index (χ0) is 21.9. The SMILES string of the molecule is Cc1cc(N(C)C)ccc1NC(=O)c1cccc(S(=O)(=O)Nc2ccccc2Cl)c1. The summed E-state index contributed by atoms with van der Waals surface area (Å²) in [6, 6.07) is 18.1. The maximum Gasteiger partial charge on any atom is 0.261 e. The first-order valence-corrected chi connectivity index (χ1v) is 11.0. The fraction of sp³-hybridized carbons (Fsp3) is 0.136. The topological polar surface area (TPSA) is 78.5 Å². The number of carbonyl (C=O) groups is 1. The van der Waals surface area contributed by atoms with Gasteiger partial charge in [-0.3, -0.25) is 9.52 Å². The fourth-order valence-corrected chi connectivity index (χ4v) is 4.18. The number of aryl methyl sites for hydroxylation is 1. The number of nitrogens with zero attached hydrogens (tertiary/aromatic N) is 1. The Balaban J connectivity index is 1.83. The van der Waals surface area contributed by atoms with Gasteiger partial charge in [-0.1, -0.05) is 29.8 Å². The van der Waals surface area contributed by atoms with E-state index in [-0.39, 0.29) is 21.2 Å². The molecule has 1 amide bonds. The Morgan fingerprint density at radius 2 is 1.67 bits per heavy atom. The molecule has 0 unspecified atom stereocenters. The van der Waals surface area contributed by atoms with Gasteiger partial charge in [0.15, 0.2) is 0 Å². The average Bonchev–Trinajstić information content (AvgIpc) is 2.71. The van der Waals surface area contributed by atoms with Crippen LogP contribution >= 0.6 is 11.6 Å². The van der Waals surface area contributed by atoms with Crippen LogP contribution in [-0.2, 0) is 10.0 Å². The highest BCUT2D eigenvalue weighted by Gasteiger charge is 2.18. The average molecular weight is 444 g/mol. The number of rotatable bonds is 6. The third-order valence-corrected chi connectivity index (χ3v) is 6.19. The number of anilines is 3. The molecular formula is C22H22ClN3O3S. The minimum absolute atomic E-state index is 0.0326. The summed E-state index contributed by atoms with van der Waals surface area (Å²) in [4.78, 5) is 14.7. The van der Waals surface area contributed by atoms with Crippen LogP contribution in [0.4, 0.5) is 17.1 Å². The van der Waals surface area contributed by atoms with E-state index in [0.29, 0.717) is 5.69 Å². The van der Waals surface area contributed by atoms with Crippen LogP contribution in [0.15, 0.2) is 71.6 Å². The van der Waals surface area contributed by atoms with E-state index >= 15 is 0 Å². The lowest BCUT2D eigenvalue weighted by Gasteiger charge is -2.16. The van der Waals surface area contributed by atoms with E-state index in [1.807, 2.05) is 44.1 Å².